The predicted molar refractivity (Wildman–Crippen MR) is 173 cm³/mol. The second-order valence-electron chi connectivity index (χ2n) is 13.7. The summed E-state index contributed by atoms with van der Waals surface area (Å²) >= 11 is 0. The standard InChI is InChI=1S/C32H55N5O6S/c1-8-10-18-33-28(40)25(38)23(20-22(3)9-2)34-27(39)24-15-14-19-37(24)29(41)26(31(4,5)6)35-30(42)36-32(21-44(7)43)16-12-11-13-17-32/h8,22-24,26H,1,9-21H2,2-7H3,(H,33,40)(H,34,39)(H2,35,36,42)/t22?,23?,24-,26+,44?/m0/s1. The summed E-state index contributed by atoms with van der Waals surface area (Å²) in [6.45, 7) is 13.7. The van der Waals surface area contributed by atoms with Gasteiger partial charge in [0.25, 0.3) is 5.91 Å². The Kier molecular flexibility index (Phi) is 14.5. The maximum absolute atomic E-state index is 14.0. The van der Waals surface area contributed by atoms with Crippen LogP contribution in [0.15, 0.2) is 12.7 Å². The van der Waals surface area contributed by atoms with Gasteiger partial charge in [-0.1, -0.05) is 66.4 Å². The van der Waals surface area contributed by atoms with Gasteiger partial charge in [-0.3, -0.25) is 23.4 Å². The molecule has 1 aliphatic carbocycles. The Bertz CT molecular complexity index is 1070. The van der Waals surface area contributed by atoms with Gasteiger partial charge < -0.3 is 26.2 Å². The maximum Gasteiger partial charge on any atom is 0.315 e. The van der Waals surface area contributed by atoms with E-state index in [1.807, 2.05) is 34.6 Å². The molecule has 2 fully saturated rings. The molecule has 12 heteroatoms. The van der Waals surface area contributed by atoms with Gasteiger partial charge in [-0.2, -0.15) is 0 Å². The average molecular weight is 638 g/mol. The summed E-state index contributed by atoms with van der Waals surface area (Å²) in [6.07, 6.45) is 10.2. The molecule has 3 unspecified atom stereocenters. The van der Waals surface area contributed by atoms with Gasteiger partial charge in [0.1, 0.15) is 12.1 Å². The Balaban J connectivity index is 2.20. The number of carbonyl (C=O) groups is 5. The van der Waals surface area contributed by atoms with E-state index in [4.69, 9.17) is 0 Å². The SMILES string of the molecule is C=CCCNC(=O)C(=O)C(CC(C)CC)NC(=O)[C@@H]1CCCN1C(=O)[C@@H](NC(=O)NC1(CS(C)=O)CCCCC1)C(C)(C)C. The fourth-order valence-electron chi connectivity index (χ4n) is 6.05. The molecule has 0 aromatic heterocycles. The molecule has 2 rings (SSSR count). The van der Waals surface area contributed by atoms with Crippen LogP contribution in [0.4, 0.5) is 4.79 Å². The van der Waals surface area contributed by atoms with Gasteiger partial charge in [0.05, 0.1) is 11.6 Å². The molecule has 0 spiro atoms. The molecule has 250 valence electrons. The van der Waals surface area contributed by atoms with Crippen LogP contribution < -0.4 is 21.3 Å². The van der Waals surface area contributed by atoms with Crippen molar-refractivity contribution in [1.29, 1.82) is 0 Å². The average Bonchev–Trinajstić information content (AvgIpc) is 3.44. The molecule has 11 nitrogen and oxygen atoms in total. The van der Waals surface area contributed by atoms with E-state index in [1.165, 1.54) is 4.90 Å². The van der Waals surface area contributed by atoms with Gasteiger partial charge in [0.2, 0.25) is 17.6 Å². The number of ketones is 1. The maximum atomic E-state index is 14.0. The van der Waals surface area contributed by atoms with Crippen molar-refractivity contribution in [2.24, 2.45) is 11.3 Å². The van der Waals surface area contributed by atoms with Gasteiger partial charge in [-0.15, -0.1) is 6.58 Å². The minimum absolute atomic E-state index is 0.0807. The van der Waals surface area contributed by atoms with E-state index in [0.29, 0.717) is 38.0 Å². The van der Waals surface area contributed by atoms with Crippen molar-refractivity contribution in [3.8, 4) is 0 Å². The van der Waals surface area contributed by atoms with Gasteiger partial charge >= 0.3 is 6.03 Å². The van der Waals surface area contributed by atoms with Gasteiger partial charge in [0, 0.05) is 35.9 Å². The first-order valence-corrected chi connectivity index (χ1v) is 17.8. The Hall–Kier alpha value is -2.76. The third-order valence-electron chi connectivity index (χ3n) is 8.72. The summed E-state index contributed by atoms with van der Waals surface area (Å²) in [5.74, 6) is -1.91. The highest BCUT2D eigenvalue weighted by molar-refractivity contribution is 7.84. The molecule has 1 aliphatic heterocycles. The number of carbonyl (C=O) groups excluding carboxylic acids is 5. The van der Waals surface area contributed by atoms with Gasteiger partial charge in [0.15, 0.2) is 0 Å². The van der Waals surface area contributed by atoms with Crippen molar-refractivity contribution >= 4 is 40.3 Å². The summed E-state index contributed by atoms with van der Waals surface area (Å²) in [5, 5.41) is 11.3. The number of Topliss-reactive ketones (excluding diaryl/α,β-unsaturated/α-hetero) is 1. The van der Waals surface area contributed by atoms with Crippen molar-refractivity contribution in [1.82, 2.24) is 26.2 Å². The molecular weight excluding hydrogens is 582 g/mol. The second kappa shape index (κ2) is 17.1. The number of likely N-dealkylation sites (tertiary alicyclic amines) is 1. The fourth-order valence-corrected chi connectivity index (χ4v) is 7.19. The number of hydrogen-bond donors (Lipinski definition) is 4. The molecule has 5 amide bonds. The summed E-state index contributed by atoms with van der Waals surface area (Å²) in [5.41, 5.74) is -1.26. The van der Waals surface area contributed by atoms with Crippen molar-refractivity contribution in [2.75, 3.05) is 25.1 Å². The summed E-state index contributed by atoms with van der Waals surface area (Å²) in [6, 6.07) is -3.28. The Morgan fingerprint density at radius 2 is 1.73 bits per heavy atom. The largest absolute Gasteiger partial charge is 0.349 e. The number of nitrogens with one attached hydrogen (secondary N) is 4. The first kappa shape index (κ1) is 37.4. The number of urea groups is 1. The highest BCUT2D eigenvalue weighted by atomic mass is 32.2. The monoisotopic (exact) mass is 637 g/mol. The molecule has 1 saturated heterocycles. The van der Waals surface area contributed by atoms with Crippen molar-refractivity contribution in [3.63, 3.8) is 0 Å². The Morgan fingerprint density at radius 1 is 1.07 bits per heavy atom. The molecule has 5 atom stereocenters. The zero-order valence-electron chi connectivity index (χ0n) is 27.6. The van der Waals surface area contributed by atoms with Crippen LogP contribution in [0.2, 0.25) is 0 Å². The summed E-state index contributed by atoms with van der Waals surface area (Å²) < 4.78 is 12.1. The molecule has 0 bridgehead atoms. The number of rotatable bonds is 15. The summed E-state index contributed by atoms with van der Waals surface area (Å²) in [7, 11) is -1.10. The summed E-state index contributed by atoms with van der Waals surface area (Å²) in [4.78, 5) is 68.1. The molecule has 1 saturated carbocycles. The molecule has 0 aromatic rings. The van der Waals surface area contributed by atoms with Crippen molar-refractivity contribution in [2.45, 2.75) is 122 Å². The van der Waals surface area contributed by atoms with Crippen LogP contribution in [0, 0.1) is 11.3 Å². The minimum Gasteiger partial charge on any atom is -0.349 e. The topological polar surface area (TPSA) is 154 Å². The van der Waals surface area contributed by atoms with Crippen LogP contribution in [0.3, 0.4) is 0 Å². The Morgan fingerprint density at radius 3 is 2.30 bits per heavy atom. The highest BCUT2D eigenvalue weighted by Gasteiger charge is 2.44. The van der Waals surface area contributed by atoms with Crippen LogP contribution in [-0.4, -0.2) is 87.4 Å². The third kappa shape index (κ3) is 11.0. The van der Waals surface area contributed by atoms with Crippen molar-refractivity contribution < 1.29 is 28.2 Å². The molecule has 0 radical (unpaired) electrons. The highest BCUT2D eigenvalue weighted by Crippen LogP contribution is 2.30. The number of nitrogens with zero attached hydrogens (tertiary/aromatic N) is 1. The number of hydrogen-bond acceptors (Lipinski definition) is 6. The van der Waals surface area contributed by atoms with E-state index in [9.17, 15) is 28.2 Å². The van der Waals surface area contributed by atoms with Crippen LogP contribution >= 0.6 is 0 Å². The molecular formula is C32H55N5O6S. The molecule has 0 aromatic carbocycles. The minimum atomic E-state index is -1.10. The normalized spacial score (nSPS) is 20.9. The van der Waals surface area contributed by atoms with Crippen LogP contribution in [0.25, 0.3) is 0 Å². The zero-order valence-corrected chi connectivity index (χ0v) is 28.4. The first-order valence-electron chi connectivity index (χ1n) is 16.1. The second-order valence-corrected chi connectivity index (χ2v) is 15.1. The van der Waals surface area contributed by atoms with Crippen LogP contribution in [0.5, 0.6) is 0 Å². The van der Waals surface area contributed by atoms with E-state index >= 15 is 0 Å². The van der Waals surface area contributed by atoms with Crippen molar-refractivity contribution in [3.05, 3.63) is 12.7 Å². The first-order chi connectivity index (χ1) is 20.6. The number of amides is 5. The lowest BCUT2D eigenvalue weighted by atomic mass is 9.83. The van der Waals surface area contributed by atoms with E-state index in [0.717, 1.165) is 38.5 Å². The zero-order chi connectivity index (χ0) is 33.1. The molecule has 1 heterocycles. The lowest BCUT2D eigenvalue weighted by Crippen LogP contribution is -2.63. The third-order valence-corrected chi connectivity index (χ3v) is 9.68. The molecule has 44 heavy (non-hydrogen) atoms. The van der Waals surface area contributed by atoms with Gasteiger partial charge in [-0.05, 0) is 49.9 Å². The van der Waals surface area contributed by atoms with Crippen LogP contribution in [-0.2, 0) is 30.0 Å². The Labute approximate surface area is 265 Å². The molecule has 2 aliphatic rings. The van der Waals surface area contributed by atoms with E-state index < -0.39 is 63.5 Å². The fraction of sp³-hybridized carbons (Fsp3) is 0.781. The van der Waals surface area contributed by atoms with E-state index in [1.54, 1.807) is 12.3 Å². The lowest BCUT2D eigenvalue weighted by Gasteiger charge is -2.40. The predicted octanol–water partition coefficient (Wildman–Crippen LogP) is 2.96. The van der Waals surface area contributed by atoms with Crippen LogP contribution in [0.1, 0.15) is 98.8 Å². The van der Waals surface area contributed by atoms with E-state index in [2.05, 4.69) is 27.8 Å². The van der Waals surface area contributed by atoms with E-state index in [-0.39, 0.29) is 18.4 Å². The molecule has 4 N–H and O–H groups in total. The quantitative estimate of drug-likeness (QED) is 0.123. The smallest absolute Gasteiger partial charge is 0.315 e. The van der Waals surface area contributed by atoms with Gasteiger partial charge in [-0.25, -0.2) is 4.79 Å². The lowest BCUT2D eigenvalue weighted by molar-refractivity contribution is -0.144.